The maximum Gasteiger partial charge on any atom is 0.311 e. The monoisotopic (exact) mass is 224 g/mol. The zero-order chi connectivity index (χ0) is 10.3. The van der Waals surface area contributed by atoms with Gasteiger partial charge in [0.1, 0.15) is 0 Å². The van der Waals surface area contributed by atoms with Crippen molar-refractivity contribution < 1.29 is 9.53 Å². The molecule has 0 aliphatic heterocycles. The number of hydrogen-bond acceptors (Lipinski definition) is 3. The van der Waals surface area contributed by atoms with Crippen molar-refractivity contribution in [2.45, 2.75) is 33.6 Å². The number of esters is 1. The normalized spacial score (nSPS) is 11.4. The molecule has 0 radical (unpaired) electrons. The summed E-state index contributed by atoms with van der Waals surface area (Å²) in [5, 5.41) is 0. The van der Waals surface area contributed by atoms with Gasteiger partial charge in [0.2, 0.25) is 0 Å². The van der Waals surface area contributed by atoms with Crippen LogP contribution in [0.15, 0.2) is 0 Å². The second kappa shape index (κ2) is 6.55. The largest absolute Gasteiger partial charge is 0.465 e. The van der Waals surface area contributed by atoms with Gasteiger partial charge < -0.3 is 4.74 Å². The van der Waals surface area contributed by atoms with Crippen molar-refractivity contribution >= 4 is 27.6 Å². The number of ether oxygens (including phenoxy) is 1. The van der Waals surface area contributed by atoms with Crippen molar-refractivity contribution in [3.8, 4) is 0 Å². The van der Waals surface area contributed by atoms with Crippen molar-refractivity contribution in [2.24, 2.45) is 5.41 Å². The van der Waals surface area contributed by atoms with Gasteiger partial charge in [-0.2, -0.15) is 0 Å². The number of halogens is 1. The van der Waals surface area contributed by atoms with E-state index < -0.39 is 0 Å². The molecule has 0 fully saturated rings. The Bertz CT molecular complexity index is 154. The van der Waals surface area contributed by atoms with Crippen molar-refractivity contribution in [3.05, 3.63) is 0 Å². The SMILES string of the molecule is CC(C)(C)C(=O)OCCCCSCl. The highest BCUT2D eigenvalue weighted by molar-refractivity contribution is 8.21. The minimum atomic E-state index is -0.388. The maximum atomic E-state index is 11.2. The molecule has 0 amide bonds. The first-order valence-electron chi connectivity index (χ1n) is 4.39. The summed E-state index contributed by atoms with van der Waals surface area (Å²) in [6.45, 7) is 6.06. The third-order valence-electron chi connectivity index (χ3n) is 1.46. The lowest BCUT2D eigenvalue weighted by atomic mass is 9.97. The van der Waals surface area contributed by atoms with Crippen LogP contribution in [0.4, 0.5) is 0 Å². The molecule has 0 aromatic rings. The molecule has 0 saturated heterocycles. The van der Waals surface area contributed by atoms with Crippen LogP contribution in [-0.2, 0) is 9.53 Å². The number of rotatable bonds is 5. The molecular formula is C9H17ClO2S. The standard InChI is InChI=1S/C9H17ClO2S/c1-9(2,3)8(11)12-6-4-5-7-13-10/h4-7H2,1-3H3. The first-order valence-corrected chi connectivity index (χ1v) is 6.20. The molecule has 0 aliphatic carbocycles. The molecule has 0 rings (SSSR count). The van der Waals surface area contributed by atoms with E-state index in [1.165, 1.54) is 11.0 Å². The second-order valence-corrected chi connectivity index (χ2v) is 5.19. The Morgan fingerprint density at radius 3 is 2.46 bits per heavy atom. The van der Waals surface area contributed by atoms with Gasteiger partial charge >= 0.3 is 5.97 Å². The van der Waals surface area contributed by atoms with Gasteiger partial charge in [0.05, 0.1) is 12.0 Å². The molecule has 0 aromatic carbocycles. The van der Waals surface area contributed by atoms with E-state index in [4.69, 9.17) is 15.4 Å². The summed E-state index contributed by atoms with van der Waals surface area (Å²) >= 11 is 0. The van der Waals surface area contributed by atoms with Crippen molar-refractivity contribution in [1.82, 2.24) is 0 Å². The van der Waals surface area contributed by atoms with E-state index in [-0.39, 0.29) is 11.4 Å². The molecular weight excluding hydrogens is 208 g/mol. The first kappa shape index (κ1) is 13.1. The molecule has 0 aromatic heterocycles. The zero-order valence-corrected chi connectivity index (χ0v) is 10.0. The maximum absolute atomic E-state index is 11.2. The molecule has 0 heterocycles. The molecule has 0 N–H and O–H groups in total. The molecule has 0 aliphatic rings. The number of unbranched alkanes of at least 4 members (excludes halogenated alkanes) is 1. The highest BCUT2D eigenvalue weighted by Crippen LogP contribution is 2.15. The summed E-state index contributed by atoms with van der Waals surface area (Å²) in [4.78, 5) is 11.2. The quantitative estimate of drug-likeness (QED) is 0.530. The Labute approximate surface area is 88.9 Å². The van der Waals surface area contributed by atoms with Crippen LogP contribution in [0.25, 0.3) is 0 Å². The number of hydrogen-bond donors (Lipinski definition) is 0. The molecule has 4 heteroatoms. The van der Waals surface area contributed by atoms with Crippen LogP contribution in [0.2, 0.25) is 0 Å². The summed E-state index contributed by atoms with van der Waals surface area (Å²) in [5.74, 6) is 0.778. The van der Waals surface area contributed by atoms with Gasteiger partial charge in [-0.3, -0.25) is 4.79 Å². The first-order chi connectivity index (χ1) is 5.98. The topological polar surface area (TPSA) is 26.3 Å². The summed E-state index contributed by atoms with van der Waals surface area (Å²) in [7, 11) is 6.72. The van der Waals surface area contributed by atoms with Crippen LogP contribution in [0.3, 0.4) is 0 Å². The summed E-state index contributed by atoms with van der Waals surface area (Å²) in [5.41, 5.74) is -0.388. The Morgan fingerprint density at radius 2 is 2.00 bits per heavy atom. The molecule has 0 saturated carbocycles. The molecule has 0 atom stereocenters. The fourth-order valence-corrected chi connectivity index (χ4v) is 1.28. The lowest BCUT2D eigenvalue weighted by Gasteiger charge is -2.16. The lowest BCUT2D eigenvalue weighted by molar-refractivity contribution is -0.153. The predicted molar refractivity (Wildman–Crippen MR) is 58.0 cm³/mol. The van der Waals surface area contributed by atoms with E-state index in [2.05, 4.69) is 0 Å². The van der Waals surface area contributed by atoms with Crippen LogP contribution in [0.5, 0.6) is 0 Å². The average molecular weight is 225 g/mol. The Hall–Kier alpha value is 0.110. The Morgan fingerprint density at radius 1 is 1.38 bits per heavy atom. The van der Waals surface area contributed by atoms with E-state index in [9.17, 15) is 4.79 Å². The van der Waals surface area contributed by atoms with Crippen molar-refractivity contribution in [1.29, 1.82) is 0 Å². The van der Waals surface area contributed by atoms with Crippen LogP contribution >= 0.6 is 21.7 Å². The third-order valence-corrected chi connectivity index (χ3v) is 2.37. The fraction of sp³-hybridized carbons (Fsp3) is 0.889. The van der Waals surface area contributed by atoms with Crippen LogP contribution in [0, 0.1) is 5.41 Å². The zero-order valence-electron chi connectivity index (χ0n) is 8.43. The van der Waals surface area contributed by atoms with Crippen molar-refractivity contribution in [2.75, 3.05) is 12.4 Å². The summed E-state index contributed by atoms with van der Waals surface area (Å²) in [6, 6.07) is 0. The number of carbonyl (C=O) groups is 1. The second-order valence-electron chi connectivity index (χ2n) is 3.91. The Balaban J connectivity index is 3.38. The summed E-state index contributed by atoms with van der Waals surface area (Å²) < 4.78 is 5.06. The third kappa shape index (κ3) is 7.20. The number of carbonyl (C=O) groups excluding carboxylic acids is 1. The van der Waals surface area contributed by atoms with Gasteiger partial charge in [0.25, 0.3) is 0 Å². The van der Waals surface area contributed by atoms with Crippen LogP contribution < -0.4 is 0 Å². The van der Waals surface area contributed by atoms with E-state index in [0.29, 0.717) is 6.61 Å². The van der Waals surface area contributed by atoms with E-state index in [1.54, 1.807) is 0 Å². The van der Waals surface area contributed by atoms with Crippen molar-refractivity contribution in [3.63, 3.8) is 0 Å². The van der Waals surface area contributed by atoms with E-state index in [0.717, 1.165) is 18.6 Å². The van der Waals surface area contributed by atoms with Gasteiger partial charge in [0, 0.05) is 5.75 Å². The van der Waals surface area contributed by atoms with E-state index in [1.807, 2.05) is 20.8 Å². The fourth-order valence-electron chi connectivity index (χ4n) is 0.640. The molecule has 0 unspecified atom stereocenters. The average Bonchev–Trinajstić information content (AvgIpc) is 2.02. The minimum absolute atomic E-state index is 0.133. The lowest BCUT2D eigenvalue weighted by Crippen LogP contribution is -2.23. The van der Waals surface area contributed by atoms with E-state index >= 15 is 0 Å². The Kier molecular flexibility index (Phi) is 6.60. The summed E-state index contributed by atoms with van der Waals surface area (Å²) in [6.07, 6.45) is 1.88. The van der Waals surface area contributed by atoms with Crippen LogP contribution in [0.1, 0.15) is 33.6 Å². The highest BCUT2D eigenvalue weighted by Gasteiger charge is 2.22. The molecule has 0 spiro atoms. The smallest absolute Gasteiger partial charge is 0.311 e. The predicted octanol–water partition coefficient (Wildman–Crippen LogP) is 3.24. The molecule has 2 nitrogen and oxygen atoms in total. The van der Waals surface area contributed by atoms with Gasteiger partial charge in [0.15, 0.2) is 0 Å². The molecule has 78 valence electrons. The van der Waals surface area contributed by atoms with Gasteiger partial charge in [-0.25, -0.2) is 0 Å². The highest BCUT2D eigenvalue weighted by atomic mass is 35.7. The van der Waals surface area contributed by atoms with Gasteiger partial charge in [-0.1, -0.05) is 11.0 Å². The van der Waals surface area contributed by atoms with Gasteiger partial charge in [-0.15, -0.1) is 0 Å². The molecule has 0 bridgehead atoms. The van der Waals surface area contributed by atoms with Gasteiger partial charge in [-0.05, 0) is 44.3 Å². The molecule has 13 heavy (non-hydrogen) atoms. The minimum Gasteiger partial charge on any atom is -0.465 e. The van der Waals surface area contributed by atoms with Crippen LogP contribution in [-0.4, -0.2) is 18.3 Å².